The zero-order valence-electron chi connectivity index (χ0n) is 5.75. The summed E-state index contributed by atoms with van der Waals surface area (Å²) in [6, 6.07) is 1.78. The van der Waals surface area contributed by atoms with Crippen LogP contribution in [0.4, 0.5) is 0 Å². The zero-order valence-corrected chi connectivity index (χ0v) is 7.34. The molecule has 0 aliphatic heterocycles. The number of pyridine rings is 1. The van der Waals surface area contributed by atoms with Crippen LogP contribution in [0, 0.1) is 0 Å². The average molecular weight is 212 g/mol. The Kier molecular flexibility index (Phi) is 1.53. The maximum absolute atomic E-state index is 11.3. The van der Waals surface area contributed by atoms with Crippen LogP contribution < -0.4 is 0 Å². The van der Waals surface area contributed by atoms with E-state index in [0.29, 0.717) is 0 Å². The molecule has 0 spiro atoms. The molecular formula is C8H6BrNO. The lowest BCUT2D eigenvalue weighted by atomic mass is 10.2. The van der Waals surface area contributed by atoms with Crippen molar-refractivity contribution >= 4 is 21.7 Å². The topological polar surface area (TPSA) is 30.0 Å². The van der Waals surface area contributed by atoms with Crippen molar-refractivity contribution in [2.24, 2.45) is 0 Å². The lowest BCUT2D eigenvalue weighted by Gasteiger charge is -1.91. The first-order valence-electron chi connectivity index (χ1n) is 3.40. The van der Waals surface area contributed by atoms with Crippen LogP contribution in [0.3, 0.4) is 0 Å². The summed E-state index contributed by atoms with van der Waals surface area (Å²) >= 11 is 3.31. The van der Waals surface area contributed by atoms with Crippen LogP contribution in [0.2, 0.25) is 0 Å². The van der Waals surface area contributed by atoms with Gasteiger partial charge in [0.25, 0.3) is 0 Å². The molecule has 1 aliphatic rings. The van der Waals surface area contributed by atoms with E-state index >= 15 is 0 Å². The van der Waals surface area contributed by atoms with Crippen LogP contribution in [0.15, 0.2) is 18.5 Å². The molecule has 1 atom stereocenters. The first-order valence-corrected chi connectivity index (χ1v) is 4.32. The highest BCUT2D eigenvalue weighted by molar-refractivity contribution is 9.10. The summed E-state index contributed by atoms with van der Waals surface area (Å²) in [5.41, 5.74) is 1.88. The fourth-order valence-corrected chi connectivity index (χ4v) is 1.88. The molecule has 1 aliphatic carbocycles. The van der Waals surface area contributed by atoms with Crippen LogP contribution in [0.25, 0.3) is 0 Å². The van der Waals surface area contributed by atoms with Gasteiger partial charge in [0.05, 0.1) is 4.83 Å². The van der Waals surface area contributed by atoms with Crippen molar-refractivity contribution in [2.45, 2.75) is 11.2 Å². The SMILES string of the molecule is O=C1c2ccncc2CC1Br. The molecule has 0 amide bonds. The molecule has 0 radical (unpaired) electrons. The van der Waals surface area contributed by atoms with Gasteiger partial charge in [0.2, 0.25) is 0 Å². The van der Waals surface area contributed by atoms with Gasteiger partial charge in [-0.2, -0.15) is 0 Å². The number of carbonyl (C=O) groups is 1. The number of halogens is 1. The second kappa shape index (κ2) is 2.41. The Morgan fingerprint density at radius 1 is 1.64 bits per heavy atom. The molecular weight excluding hydrogens is 206 g/mol. The van der Waals surface area contributed by atoms with Crippen LogP contribution in [-0.4, -0.2) is 15.6 Å². The van der Waals surface area contributed by atoms with E-state index in [1.165, 1.54) is 0 Å². The quantitative estimate of drug-likeness (QED) is 0.611. The van der Waals surface area contributed by atoms with E-state index in [9.17, 15) is 4.79 Å². The van der Waals surface area contributed by atoms with E-state index in [1.807, 2.05) is 0 Å². The third-order valence-corrected chi connectivity index (χ3v) is 2.59. The van der Waals surface area contributed by atoms with Gasteiger partial charge in [-0.15, -0.1) is 0 Å². The average Bonchev–Trinajstić information content (AvgIpc) is 2.30. The Morgan fingerprint density at radius 3 is 3.18 bits per heavy atom. The minimum Gasteiger partial charge on any atom is -0.293 e. The molecule has 56 valence electrons. The van der Waals surface area contributed by atoms with Crippen molar-refractivity contribution in [3.05, 3.63) is 29.6 Å². The molecule has 0 N–H and O–H groups in total. The highest BCUT2D eigenvalue weighted by Crippen LogP contribution is 2.25. The van der Waals surface area contributed by atoms with E-state index in [2.05, 4.69) is 20.9 Å². The molecule has 0 fully saturated rings. The van der Waals surface area contributed by atoms with Gasteiger partial charge in [-0.3, -0.25) is 9.78 Å². The molecule has 2 nitrogen and oxygen atoms in total. The fourth-order valence-electron chi connectivity index (χ4n) is 1.28. The number of Topliss-reactive ketones (excluding diaryl/α,β-unsaturated/α-hetero) is 1. The Morgan fingerprint density at radius 2 is 2.45 bits per heavy atom. The monoisotopic (exact) mass is 211 g/mol. The first-order chi connectivity index (χ1) is 5.29. The van der Waals surface area contributed by atoms with Crippen LogP contribution in [-0.2, 0) is 6.42 Å². The predicted molar refractivity (Wildman–Crippen MR) is 45.0 cm³/mol. The highest BCUT2D eigenvalue weighted by Gasteiger charge is 2.27. The number of fused-ring (bicyclic) bond motifs is 1. The van der Waals surface area contributed by atoms with Gasteiger partial charge in [0.15, 0.2) is 5.78 Å². The zero-order chi connectivity index (χ0) is 7.84. The number of nitrogens with zero attached hydrogens (tertiary/aromatic N) is 1. The maximum Gasteiger partial charge on any atom is 0.177 e. The summed E-state index contributed by atoms with van der Waals surface area (Å²) < 4.78 is 0. The van der Waals surface area contributed by atoms with Crippen LogP contribution >= 0.6 is 15.9 Å². The van der Waals surface area contributed by atoms with Crippen LogP contribution in [0.1, 0.15) is 15.9 Å². The minimum atomic E-state index is -0.0262. The van der Waals surface area contributed by atoms with Crippen molar-refractivity contribution < 1.29 is 4.79 Å². The Balaban J connectivity index is 2.55. The molecule has 0 bridgehead atoms. The van der Waals surface area contributed by atoms with Gasteiger partial charge in [0.1, 0.15) is 0 Å². The highest BCUT2D eigenvalue weighted by atomic mass is 79.9. The number of aromatic nitrogens is 1. The number of alkyl halides is 1. The van der Waals surface area contributed by atoms with Crippen LogP contribution in [0.5, 0.6) is 0 Å². The number of hydrogen-bond donors (Lipinski definition) is 0. The maximum atomic E-state index is 11.3. The Labute approximate surface area is 72.8 Å². The molecule has 11 heavy (non-hydrogen) atoms. The normalized spacial score (nSPS) is 21.9. The lowest BCUT2D eigenvalue weighted by Crippen LogP contribution is -2.05. The number of ketones is 1. The summed E-state index contributed by atoms with van der Waals surface area (Å²) in [5, 5.41) is 0. The van der Waals surface area contributed by atoms with E-state index < -0.39 is 0 Å². The second-order valence-electron chi connectivity index (χ2n) is 2.57. The molecule has 3 heteroatoms. The van der Waals surface area contributed by atoms with Crippen molar-refractivity contribution in [3.8, 4) is 0 Å². The Bertz CT molecular complexity index is 311. The van der Waals surface area contributed by atoms with Crippen molar-refractivity contribution in [1.29, 1.82) is 0 Å². The molecule has 1 aromatic heterocycles. The first kappa shape index (κ1) is 6.98. The smallest absolute Gasteiger partial charge is 0.177 e. The van der Waals surface area contributed by atoms with Gasteiger partial charge in [-0.05, 0) is 18.1 Å². The predicted octanol–water partition coefficient (Wildman–Crippen LogP) is 1.58. The standard InChI is InChI=1S/C8H6BrNO/c9-7-3-5-4-10-2-1-6(5)8(7)11/h1-2,4,7H,3H2. The molecule has 0 saturated heterocycles. The lowest BCUT2D eigenvalue weighted by molar-refractivity contribution is 0.100. The van der Waals surface area contributed by atoms with Gasteiger partial charge in [-0.1, -0.05) is 15.9 Å². The second-order valence-corrected chi connectivity index (χ2v) is 3.67. The molecule has 2 rings (SSSR count). The number of carbonyl (C=O) groups excluding carboxylic acids is 1. The molecule has 1 aromatic rings. The fraction of sp³-hybridized carbons (Fsp3) is 0.250. The van der Waals surface area contributed by atoms with E-state index in [1.54, 1.807) is 18.5 Å². The number of rotatable bonds is 0. The molecule has 0 aromatic carbocycles. The van der Waals surface area contributed by atoms with Gasteiger partial charge < -0.3 is 0 Å². The summed E-state index contributed by atoms with van der Waals surface area (Å²) in [6.07, 6.45) is 4.19. The van der Waals surface area contributed by atoms with Crippen molar-refractivity contribution in [3.63, 3.8) is 0 Å². The van der Waals surface area contributed by atoms with Gasteiger partial charge in [-0.25, -0.2) is 0 Å². The summed E-state index contributed by atoms with van der Waals surface area (Å²) in [5.74, 6) is 0.183. The third kappa shape index (κ3) is 0.997. The van der Waals surface area contributed by atoms with Crippen molar-refractivity contribution in [1.82, 2.24) is 4.98 Å². The molecule has 1 heterocycles. The van der Waals surface area contributed by atoms with E-state index in [0.717, 1.165) is 17.5 Å². The largest absolute Gasteiger partial charge is 0.293 e. The Hall–Kier alpha value is -0.700. The van der Waals surface area contributed by atoms with E-state index in [-0.39, 0.29) is 10.6 Å². The molecule has 0 saturated carbocycles. The minimum absolute atomic E-state index is 0.0262. The van der Waals surface area contributed by atoms with Gasteiger partial charge >= 0.3 is 0 Å². The van der Waals surface area contributed by atoms with Crippen molar-refractivity contribution in [2.75, 3.05) is 0 Å². The van der Waals surface area contributed by atoms with E-state index in [4.69, 9.17) is 0 Å². The summed E-state index contributed by atoms with van der Waals surface area (Å²) in [4.78, 5) is 15.2. The molecule has 1 unspecified atom stereocenters. The summed E-state index contributed by atoms with van der Waals surface area (Å²) in [6.45, 7) is 0. The third-order valence-electron chi connectivity index (χ3n) is 1.85. The summed E-state index contributed by atoms with van der Waals surface area (Å²) in [7, 11) is 0. The number of hydrogen-bond acceptors (Lipinski definition) is 2. The van der Waals surface area contributed by atoms with Gasteiger partial charge in [0, 0.05) is 18.0 Å².